The quantitative estimate of drug-likeness (QED) is 0.167. The molecule has 0 saturated heterocycles. The van der Waals surface area contributed by atoms with E-state index in [1.165, 1.54) is 72.0 Å². The van der Waals surface area contributed by atoms with Gasteiger partial charge in [-0.3, -0.25) is 0 Å². The third-order valence-electron chi connectivity index (χ3n) is 12.6. The van der Waals surface area contributed by atoms with Crippen molar-refractivity contribution in [3.05, 3.63) is 187 Å². The van der Waals surface area contributed by atoms with E-state index in [9.17, 15) is 0 Å². The van der Waals surface area contributed by atoms with Crippen molar-refractivity contribution in [2.75, 3.05) is 9.80 Å². The summed E-state index contributed by atoms with van der Waals surface area (Å²) in [6, 6.07) is 62.3. The first-order valence-corrected chi connectivity index (χ1v) is 20.1. The van der Waals surface area contributed by atoms with Gasteiger partial charge in [0.1, 0.15) is 11.5 Å². The molecule has 0 unspecified atom stereocenters. The lowest BCUT2D eigenvalue weighted by Gasteiger charge is -2.41. The van der Waals surface area contributed by atoms with Gasteiger partial charge in [-0.1, -0.05) is 138 Å². The van der Waals surface area contributed by atoms with Crippen LogP contribution in [0.2, 0.25) is 0 Å². The lowest BCUT2D eigenvalue weighted by molar-refractivity contribution is 0.483. The molecule has 2 aliphatic heterocycles. The van der Waals surface area contributed by atoms with Crippen LogP contribution >= 0.6 is 0 Å². The molecular weight excluding hydrogens is 691 g/mol. The zero-order chi connectivity index (χ0) is 38.6. The highest BCUT2D eigenvalue weighted by atomic mass is 16.5. The molecule has 57 heavy (non-hydrogen) atoms. The van der Waals surface area contributed by atoms with Gasteiger partial charge in [0.05, 0.1) is 5.69 Å². The molecule has 0 bridgehead atoms. The molecular formula is C53H43BN2O. The van der Waals surface area contributed by atoms with Gasteiger partial charge in [0.15, 0.2) is 0 Å². The monoisotopic (exact) mass is 734 g/mol. The van der Waals surface area contributed by atoms with Crippen molar-refractivity contribution in [1.29, 1.82) is 0 Å². The lowest BCUT2D eigenvalue weighted by Crippen LogP contribution is -2.59. The van der Waals surface area contributed by atoms with Gasteiger partial charge in [0, 0.05) is 39.2 Å². The molecule has 0 fully saturated rings. The van der Waals surface area contributed by atoms with Gasteiger partial charge in [-0.05, 0) is 122 Å². The van der Waals surface area contributed by atoms with Gasteiger partial charge in [-0.15, -0.1) is 0 Å². The molecule has 8 aromatic rings. The molecule has 0 spiro atoms. The summed E-state index contributed by atoms with van der Waals surface area (Å²) >= 11 is 0. The van der Waals surface area contributed by atoms with Gasteiger partial charge in [0.2, 0.25) is 0 Å². The molecule has 11 rings (SSSR count). The fraction of sp³-hybridized carbons (Fsp3) is 0.132. The first-order chi connectivity index (χ1) is 27.7. The van der Waals surface area contributed by atoms with Crippen molar-refractivity contribution < 1.29 is 4.74 Å². The van der Waals surface area contributed by atoms with Crippen LogP contribution in [0, 0.1) is 0 Å². The third-order valence-corrected chi connectivity index (χ3v) is 12.6. The van der Waals surface area contributed by atoms with E-state index in [2.05, 4.69) is 214 Å². The van der Waals surface area contributed by atoms with Crippen LogP contribution in [-0.2, 0) is 10.8 Å². The van der Waals surface area contributed by atoms with Crippen LogP contribution in [0.1, 0.15) is 51.3 Å². The minimum absolute atomic E-state index is 0.0210. The molecule has 4 heteroatoms. The van der Waals surface area contributed by atoms with E-state index in [1.54, 1.807) is 0 Å². The number of para-hydroxylation sites is 4. The highest BCUT2D eigenvalue weighted by Gasteiger charge is 2.46. The van der Waals surface area contributed by atoms with Crippen LogP contribution in [0.4, 0.5) is 34.1 Å². The van der Waals surface area contributed by atoms with Crippen LogP contribution in [-0.4, -0.2) is 6.71 Å². The van der Waals surface area contributed by atoms with Crippen LogP contribution in [0.25, 0.3) is 21.9 Å². The summed E-state index contributed by atoms with van der Waals surface area (Å²) in [5.41, 5.74) is 16.9. The van der Waals surface area contributed by atoms with Crippen molar-refractivity contribution in [3.63, 3.8) is 0 Å². The van der Waals surface area contributed by atoms with E-state index in [0.29, 0.717) is 0 Å². The number of fused-ring (bicyclic) bond motifs is 9. The second-order valence-electron chi connectivity index (χ2n) is 17.4. The Morgan fingerprint density at radius 2 is 1.18 bits per heavy atom. The standard InChI is InChI=1S/C53H43BN2O/c1-52(2,3)34-29-47-51-49(30-34)57-48-31-40-41(32-44(48)54(51)43-27-17-18-28-45(43)56(47)37-23-13-8-14-24-37)53(4,5)42-33-46(38-25-15-16-26-39(38)50(40)42)55(35-19-9-6-10-20-35)36-21-11-7-12-22-36/h6-33H,1-5H3. The van der Waals surface area contributed by atoms with Crippen molar-refractivity contribution in [1.82, 2.24) is 0 Å². The van der Waals surface area contributed by atoms with Gasteiger partial charge in [-0.25, -0.2) is 0 Å². The molecule has 0 atom stereocenters. The zero-order valence-electron chi connectivity index (χ0n) is 33.0. The molecule has 0 N–H and O–H groups in total. The summed E-state index contributed by atoms with van der Waals surface area (Å²) in [5, 5.41) is 2.47. The fourth-order valence-corrected chi connectivity index (χ4v) is 9.81. The Bertz CT molecular complexity index is 2860. The normalized spacial score (nSPS) is 14.3. The Hall–Kier alpha value is -6.52. The van der Waals surface area contributed by atoms with E-state index in [-0.39, 0.29) is 17.5 Å². The van der Waals surface area contributed by atoms with Gasteiger partial charge in [-0.2, -0.15) is 0 Å². The summed E-state index contributed by atoms with van der Waals surface area (Å²) in [4.78, 5) is 4.86. The minimum atomic E-state index is -0.277. The van der Waals surface area contributed by atoms with Gasteiger partial charge in [0.25, 0.3) is 6.71 Å². The molecule has 1 aliphatic carbocycles. The molecule has 2 heterocycles. The first kappa shape index (κ1) is 33.8. The lowest BCUT2D eigenvalue weighted by atomic mass is 9.34. The summed E-state index contributed by atoms with van der Waals surface area (Å²) in [6.07, 6.45) is 0. The highest BCUT2D eigenvalue weighted by molar-refractivity contribution is 6.99. The summed E-state index contributed by atoms with van der Waals surface area (Å²) in [7, 11) is 0. The molecule has 0 saturated carbocycles. The van der Waals surface area contributed by atoms with Crippen LogP contribution in [0.5, 0.6) is 11.5 Å². The Morgan fingerprint density at radius 1 is 0.561 bits per heavy atom. The van der Waals surface area contributed by atoms with Crippen molar-refractivity contribution in [3.8, 4) is 22.6 Å². The topological polar surface area (TPSA) is 15.7 Å². The maximum Gasteiger partial charge on any atom is 0.256 e. The van der Waals surface area contributed by atoms with E-state index in [1.807, 2.05) is 0 Å². The molecule has 274 valence electrons. The second kappa shape index (κ2) is 12.2. The molecule has 8 aromatic carbocycles. The molecule has 3 aliphatic rings. The zero-order valence-corrected chi connectivity index (χ0v) is 33.0. The highest BCUT2D eigenvalue weighted by Crippen LogP contribution is 2.56. The second-order valence-corrected chi connectivity index (χ2v) is 17.4. The van der Waals surface area contributed by atoms with Crippen molar-refractivity contribution >= 4 is 68.0 Å². The third kappa shape index (κ3) is 4.99. The van der Waals surface area contributed by atoms with Crippen LogP contribution in [0.3, 0.4) is 0 Å². The number of hydrogen-bond acceptors (Lipinski definition) is 3. The molecule has 0 amide bonds. The predicted molar refractivity (Wildman–Crippen MR) is 241 cm³/mol. The molecule has 0 aromatic heterocycles. The number of anilines is 6. The number of nitrogens with zero attached hydrogens (tertiary/aromatic N) is 2. The summed E-state index contributed by atoms with van der Waals surface area (Å²) in [6.45, 7) is 11.7. The average molecular weight is 735 g/mol. The number of benzene rings is 8. The Kier molecular flexibility index (Phi) is 7.26. The van der Waals surface area contributed by atoms with Crippen LogP contribution < -0.4 is 30.9 Å². The smallest absolute Gasteiger partial charge is 0.256 e. The average Bonchev–Trinajstić information content (AvgIpc) is 3.45. The number of ether oxygens (including phenoxy) is 1. The maximum absolute atomic E-state index is 7.22. The van der Waals surface area contributed by atoms with E-state index in [4.69, 9.17) is 4.74 Å². The predicted octanol–water partition coefficient (Wildman–Crippen LogP) is 12.3. The SMILES string of the molecule is CC(C)(C)c1cc2c3c(c1)N(c1ccccc1)c1ccccc1B3c1cc3c(cc1O2)-c1c(cc(N(c2ccccc2)c2ccccc2)c2ccccc12)C3(C)C. The van der Waals surface area contributed by atoms with E-state index < -0.39 is 0 Å². The maximum atomic E-state index is 7.22. The Balaban J connectivity index is 1.16. The number of rotatable bonds is 4. The largest absolute Gasteiger partial charge is 0.458 e. The van der Waals surface area contributed by atoms with E-state index >= 15 is 0 Å². The van der Waals surface area contributed by atoms with E-state index in [0.717, 1.165) is 28.6 Å². The minimum Gasteiger partial charge on any atom is -0.458 e. The van der Waals surface area contributed by atoms with Crippen LogP contribution in [0.15, 0.2) is 170 Å². The Morgan fingerprint density at radius 3 is 1.86 bits per heavy atom. The number of hydrogen-bond donors (Lipinski definition) is 0. The summed E-state index contributed by atoms with van der Waals surface area (Å²) < 4.78 is 7.22. The molecule has 3 nitrogen and oxygen atoms in total. The Labute approximate surface area is 335 Å². The van der Waals surface area contributed by atoms with Crippen molar-refractivity contribution in [2.45, 2.75) is 45.4 Å². The van der Waals surface area contributed by atoms with Gasteiger partial charge < -0.3 is 14.5 Å². The molecule has 0 radical (unpaired) electrons. The van der Waals surface area contributed by atoms with Crippen molar-refractivity contribution in [2.24, 2.45) is 0 Å². The first-order valence-electron chi connectivity index (χ1n) is 20.1. The van der Waals surface area contributed by atoms with Gasteiger partial charge >= 0.3 is 0 Å². The summed E-state index contributed by atoms with van der Waals surface area (Å²) in [5.74, 6) is 1.89. The fourth-order valence-electron chi connectivity index (χ4n) is 9.81.